The number of hydrogen-bond donors (Lipinski definition) is 4. The van der Waals surface area contributed by atoms with Gasteiger partial charge in [-0.2, -0.15) is 4.79 Å². The van der Waals surface area contributed by atoms with Crippen molar-refractivity contribution in [2.24, 2.45) is 0 Å². The number of nitrogens with one attached hydrogen (secondary N) is 2. The van der Waals surface area contributed by atoms with Crippen molar-refractivity contribution < 1.29 is 111 Å². The molecule has 4 aromatic rings. The molecule has 0 saturated carbocycles. The molecule has 4 heterocycles. The molecule has 0 radical (unpaired) electrons. The summed E-state index contributed by atoms with van der Waals surface area (Å²) >= 11 is 0. The molecule has 6 aliphatic rings. The van der Waals surface area contributed by atoms with Gasteiger partial charge in [0.1, 0.15) is 25.3 Å². The van der Waals surface area contributed by atoms with E-state index in [1.165, 1.54) is 0 Å². The van der Waals surface area contributed by atoms with Gasteiger partial charge >= 0.3 is 42.2 Å². The summed E-state index contributed by atoms with van der Waals surface area (Å²) in [6.07, 6.45) is -5.59. The van der Waals surface area contributed by atoms with Gasteiger partial charge in [-0.15, -0.1) is 10.1 Å². The van der Waals surface area contributed by atoms with Crippen molar-refractivity contribution in [1.29, 1.82) is 0 Å². The van der Waals surface area contributed by atoms with Crippen molar-refractivity contribution in [2.75, 3.05) is 13.2 Å². The highest BCUT2D eigenvalue weighted by Gasteiger charge is 2.40. The number of carboxylic acid groups (broad SMARTS) is 2. The third-order valence-electron chi connectivity index (χ3n) is 13.9. The molecular formula is C57H52N6O23. The normalized spacial score (nSPS) is 16.4. The highest BCUT2D eigenvalue weighted by atomic mass is 16.9. The number of rotatable bonds is 18. The second-order valence-corrected chi connectivity index (χ2v) is 19.5. The molecule has 4 aliphatic heterocycles. The number of carboxylic acids is 2. The van der Waals surface area contributed by atoms with Gasteiger partial charge in [-0.1, -0.05) is 107 Å². The van der Waals surface area contributed by atoms with Crippen LogP contribution in [-0.2, 0) is 86.4 Å². The molecule has 2 unspecified atom stereocenters. The number of alkyl carbamates (subject to hydrolysis) is 2. The lowest BCUT2D eigenvalue weighted by molar-refractivity contribution is -0.200. The zero-order valence-corrected chi connectivity index (χ0v) is 45.2. The highest BCUT2D eigenvalue weighted by Crippen LogP contribution is 2.46. The number of aliphatic carboxylic acids is 2. The average molecular weight is 1190 g/mol. The molecule has 86 heavy (non-hydrogen) atoms. The fraction of sp³-hybridized carbons (Fsp3) is 0.316. The third kappa shape index (κ3) is 14.7. The van der Waals surface area contributed by atoms with Gasteiger partial charge in [0.2, 0.25) is 0 Å². The van der Waals surface area contributed by atoms with Crippen LogP contribution in [0.25, 0.3) is 22.3 Å². The summed E-state index contributed by atoms with van der Waals surface area (Å²) in [6, 6.07) is 28.3. The fourth-order valence-electron chi connectivity index (χ4n) is 9.70. The summed E-state index contributed by atoms with van der Waals surface area (Å²) in [7, 11) is 0. The predicted octanol–water partition coefficient (Wildman–Crippen LogP) is 4.00. The van der Waals surface area contributed by atoms with Crippen LogP contribution in [0.3, 0.4) is 0 Å². The Hall–Kier alpha value is -10.9. The molecule has 4 aromatic carbocycles. The minimum Gasteiger partial charge on any atom is -0.481 e. The maximum atomic E-state index is 12.9. The van der Waals surface area contributed by atoms with Gasteiger partial charge in [-0.05, 0) is 57.3 Å². The number of ether oxygens (including phenoxy) is 2. The van der Waals surface area contributed by atoms with Gasteiger partial charge in [0.05, 0.1) is 6.42 Å². The number of nitrogens with zero attached hydrogens (tertiary/aromatic N) is 4. The number of amides is 10. The fourth-order valence-corrected chi connectivity index (χ4v) is 9.70. The van der Waals surface area contributed by atoms with E-state index in [4.69, 9.17) is 29.4 Å². The van der Waals surface area contributed by atoms with E-state index in [1.54, 1.807) is 0 Å². The number of hydroxylamine groups is 8. The van der Waals surface area contributed by atoms with Crippen LogP contribution in [0, 0.1) is 0 Å². The number of hydrogen-bond acceptors (Lipinski definition) is 21. The molecule has 4 N–H and O–H groups in total. The van der Waals surface area contributed by atoms with Crippen LogP contribution in [0.4, 0.5) is 14.4 Å². The molecule has 4 fully saturated rings. The van der Waals surface area contributed by atoms with Crippen LogP contribution < -0.4 is 10.6 Å². The van der Waals surface area contributed by atoms with E-state index in [-0.39, 0.29) is 99.4 Å². The molecule has 448 valence electrons. The van der Waals surface area contributed by atoms with E-state index >= 15 is 0 Å². The van der Waals surface area contributed by atoms with Crippen molar-refractivity contribution in [1.82, 2.24) is 30.9 Å². The smallest absolute Gasteiger partial charge is 0.481 e. The summed E-state index contributed by atoms with van der Waals surface area (Å²) in [4.78, 5) is 193. The summed E-state index contributed by atoms with van der Waals surface area (Å²) in [5.74, 6) is -10.6. The van der Waals surface area contributed by atoms with Gasteiger partial charge < -0.3 is 40.0 Å². The van der Waals surface area contributed by atoms with E-state index < -0.39 is 114 Å². The molecule has 10 rings (SSSR count). The average Bonchev–Trinajstić information content (AvgIpc) is 1.78. The van der Waals surface area contributed by atoms with Gasteiger partial charge in [0.25, 0.3) is 47.3 Å². The second-order valence-electron chi connectivity index (χ2n) is 19.5. The Kier molecular flexibility index (Phi) is 19.6. The predicted molar refractivity (Wildman–Crippen MR) is 282 cm³/mol. The molecule has 4 saturated heterocycles. The third-order valence-corrected chi connectivity index (χ3v) is 13.9. The maximum absolute atomic E-state index is 12.9. The Morgan fingerprint density at radius 1 is 0.419 bits per heavy atom. The number of carbonyl (C=O) groups excluding carboxylic acids is 13. The Morgan fingerprint density at radius 3 is 1.06 bits per heavy atom. The first-order valence-electron chi connectivity index (χ1n) is 26.6. The van der Waals surface area contributed by atoms with Crippen LogP contribution in [0.15, 0.2) is 97.1 Å². The monoisotopic (exact) mass is 1190 g/mol. The Balaban J connectivity index is 0.000000183. The van der Waals surface area contributed by atoms with Crippen molar-refractivity contribution in [3.8, 4) is 22.3 Å². The summed E-state index contributed by atoms with van der Waals surface area (Å²) in [5, 5.41) is 23.5. The molecule has 0 spiro atoms. The van der Waals surface area contributed by atoms with Gasteiger partial charge in [-0.3, -0.25) is 52.8 Å². The number of carbonyl (C=O) groups is 15. The topological polar surface area (TPSA) is 389 Å². The van der Waals surface area contributed by atoms with Crippen LogP contribution in [0.1, 0.15) is 111 Å². The van der Waals surface area contributed by atoms with Crippen LogP contribution >= 0.6 is 0 Å². The largest absolute Gasteiger partial charge is 0.560 e. The second kappa shape index (κ2) is 27.5. The summed E-state index contributed by atoms with van der Waals surface area (Å²) < 4.78 is 10.7. The Bertz CT molecular complexity index is 3260. The van der Waals surface area contributed by atoms with Crippen LogP contribution in [0.5, 0.6) is 0 Å². The molecule has 2 atom stereocenters. The van der Waals surface area contributed by atoms with Crippen LogP contribution in [-0.4, -0.2) is 145 Å². The van der Waals surface area contributed by atoms with Gasteiger partial charge in [-0.25, -0.2) is 24.0 Å². The minimum absolute atomic E-state index is 0.0606. The molecular weight excluding hydrogens is 1140 g/mol. The zero-order chi connectivity index (χ0) is 61.8. The first-order valence-corrected chi connectivity index (χ1v) is 26.6. The summed E-state index contributed by atoms with van der Waals surface area (Å²) in [5.41, 5.74) is 8.26. The maximum Gasteiger partial charge on any atom is 0.560 e. The van der Waals surface area contributed by atoms with Crippen molar-refractivity contribution in [2.45, 2.75) is 101 Å². The van der Waals surface area contributed by atoms with E-state index in [0.717, 1.165) is 44.5 Å². The van der Waals surface area contributed by atoms with Crippen molar-refractivity contribution >= 4 is 89.5 Å². The molecule has 10 amide bonds. The SMILES string of the molecule is O=C(CCC(NC(=O)OCC1c2ccccc2-c2ccccc21)C(=O)ON1C(=O)CCC1=O)ON1C(=O)CCC1=O.O=C(O)CCC(NC(=O)OCC1c2ccccc2-c2ccccc21)C(=O)O.O=C(ON1C(=O)CCC1=O)ON1C(=O)CCC1=O. The van der Waals surface area contributed by atoms with Gasteiger partial charge in [0, 0.05) is 69.6 Å². The van der Waals surface area contributed by atoms with Crippen molar-refractivity contribution in [3.05, 3.63) is 119 Å². The Morgan fingerprint density at radius 2 is 0.721 bits per heavy atom. The molecule has 29 nitrogen and oxygen atoms in total. The first-order chi connectivity index (χ1) is 41.2. The highest BCUT2D eigenvalue weighted by molar-refractivity contribution is 6.04. The quantitative estimate of drug-likeness (QED) is 0.102. The van der Waals surface area contributed by atoms with Gasteiger partial charge in [0.15, 0.2) is 0 Å². The van der Waals surface area contributed by atoms with E-state index in [9.17, 15) is 71.9 Å². The number of imide groups is 4. The first kappa shape index (κ1) is 61.2. The molecule has 29 heteroatoms. The van der Waals surface area contributed by atoms with Crippen molar-refractivity contribution in [3.63, 3.8) is 0 Å². The lowest BCUT2D eigenvalue weighted by Crippen LogP contribution is -2.46. The number of fused-ring (bicyclic) bond motifs is 6. The molecule has 0 aromatic heterocycles. The van der Waals surface area contributed by atoms with Crippen LogP contribution in [0.2, 0.25) is 0 Å². The Labute approximate surface area is 485 Å². The van der Waals surface area contributed by atoms with E-state index in [0.29, 0.717) is 10.1 Å². The molecule has 0 bridgehead atoms. The lowest BCUT2D eigenvalue weighted by Gasteiger charge is -2.21. The summed E-state index contributed by atoms with van der Waals surface area (Å²) in [6.45, 7) is -0.00290. The number of benzene rings is 4. The zero-order valence-electron chi connectivity index (χ0n) is 45.2. The standard InChI is InChI=1S/C28H25N3O10.C20H19NO6.C9H8N2O7/c32-22-10-11-23(33)30(22)40-26(36)14-9-21(27(37)41-31-24(34)12-13-25(31)35)29-28(38)39-15-20-18-7-3-1-5-16(18)17-6-2-4-8-19(17)20;22-18(23)10-9-17(19(24)25)21-20(26)27-11-16-14-7-3-1-5-12(14)13-6-2-4-8-15(13)16;12-5-1-2-6(13)10(5)17-9(16)18-11-7(14)3-4-8(11)15/h1-8,20-21H,9-15H2,(H,29,38);1-8,16-17H,9-11H2,(H,21,26)(H,22,23)(H,24,25);1-4H2. The van der Waals surface area contributed by atoms with E-state index in [1.807, 2.05) is 97.1 Å². The van der Waals surface area contributed by atoms with E-state index in [2.05, 4.69) is 20.3 Å². The molecule has 2 aliphatic carbocycles. The lowest BCUT2D eigenvalue weighted by atomic mass is 9.98. The minimum atomic E-state index is -1.54.